The Morgan fingerprint density at radius 2 is 1.92 bits per heavy atom. The maximum atomic E-state index is 15.0. The first-order valence-electron chi connectivity index (χ1n) is 13.1. The number of nitrogens with one attached hydrogen (secondary N) is 1. The third kappa shape index (κ3) is 5.62. The van der Waals surface area contributed by atoms with Gasteiger partial charge in [-0.2, -0.15) is 0 Å². The van der Waals surface area contributed by atoms with Gasteiger partial charge in [0, 0.05) is 42.3 Å². The number of rotatable bonds is 8. The van der Waals surface area contributed by atoms with Gasteiger partial charge in [-0.25, -0.2) is 4.39 Å². The highest BCUT2D eigenvalue weighted by molar-refractivity contribution is 6.00. The number of ketones is 1. The van der Waals surface area contributed by atoms with Crippen LogP contribution in [0.5, 0.6) is 5.75 Å². The van der Waals surface area contributed by atoms with Crippen LogP contribution in [-0.2, 0) is 6.42 Å². The summed E-state index contributed by atoms with van der Waals surface area (Å²) in [4.78, 5) is 31.4. The Hall–Kier alpha value is -4.00. The number of pyridine rings is 1. The molecule has 2 aromatic carbocycles. The lowest BCUT2D eigenvalue weighted by molar-refractivity contribution is 0.0942. The largest absolute Gasteiger partial charge is 0.441 e. The summed E-state index contributed by atoms with van der Waals surface area (Å²) in [6, 6.07) is 13.8. The first-order chi connectivity index (χ1) is 18.3. The lowest BCUT2D eigenvalue weighted by atomic mass is 10.0. The van der Waals surface area contributed by atoms with Crippen molar-refractivity contribution in [1.29, 1.82) is 0 Å². The molecular weight excluding hydrogens is 481 g/mol. The second-order valence-electron chi connectivity index (χ2n) is 10.5. The number of hydrogen-bond acceptors (Lipinski definition) is 5. The average molecular weight is 514 g/mol. The molecule has 1 N–H and O–H groups in total. The minimum Gasteiger partial charge on any atom is -0.441 e. The van der Waals surface area contributed by atoms with Gasteiger partial charge < -0.3 is 9.64 Å². The van der Waals surface area contributed by atoms with E-state index in [1.165, 1.54) is 6.07 Å². The normalized spacial score (nSPS) is 18.6. The predicted octanol–water partition coefficient (Wildman–Crippen LogP) is 6.45. The van der Waals surface area contributed by atoms with Crippen LogP contribution in [0.25, 0.3) is 0 Å². The number of anilines is 2. The number of halogens is 1. The van der Waals surface area contributed by atoms with Crippen LogP contribution in [0.3, 0.4) is 0 Å². The second kappa shape index (κ2) is 10.8. The van der Waals surface area contributed by atoms with Crippen LogP contribution < -0.4 is 15.0 Å². The van der Waals surface area contributed by atoms with E-state index in [4.69, 9.17) is 4.74 Å². The van der Waals surface area contributed by atoms with Gasteiger partial charge in [-0.05, 0) is 97.7 Å². The fraction of sp³-hybridized carbons (Fsp3) is 0.323. The number of aryl methyl sites for hydroxylation is 1. The summed E-state index contributed by atoms with van der Waals surface area (Å²) in [5.74, 6) is 1.02. The average Bonchev–Trinajstić information content (AvgIpc) is 3.65. The lowest BCUT2D eigenvalue weighted by Gasteiger charge is -2.21. The highest BCUT2D eigenvalue weighted by Gasteiger charge is 2.43. The van der Waals surface area contributed by atoms with Gasteiger partial charge in [0.2, 0.25) is 0 Å². The molecule has 1 aromatic heterocycles. The number of amides is 1. The van der Waals surface area contributed by atoms with E-state index in [0.29, 0.717) is 47.6 Å². The molecule has 0 bridgehead atoms. The monoisotopic (exact) mass is 513 g/mol. The molecule has 7 heteroatoms. The number of allylic oxidation sites excluding steroid dienone is 1. The topological polar surface area (TPSA) is 71.5 Å². The Morgan fingerprint density at radius 1 is 1.16 bits per heavy atom. The Balaban J connectivity index is 1.23. The van der Waals surface area contributed by atoms with E-state index in [1.807, 2.05) is 30.2 Å². The van der Waals surface area contributed by atoms with Crippen LogP contribution in [0.2, 0.25) is 0 Å². The van der Waals surface area contributed by atoms with Crippen molar-refractivity contribution in [2.45, 2.75) is 39.5 Å². The summed E-state index contributed by atoms with van der Waals surface area (Å²) in [5, 5.41) is 2.82. The van der Waals surface area contributed by atoms with E-state index in [-0.39, 0.29) is 23.2 Å². The van der Waals surface area contributed by atoms with E-state index < -0.39 is 5.82 Å². The number of carbonyl (C=O) groups excluding carboxylic acids is 2. The molecule has 1 aliphatic heterocycles. The molecule has 0 spiro atoms. The molecule has 1 fully saturated rings. The lowest BCUT2D eigenvalue weighted by Crippen LogP contribution is -2.28. The molecule has 2 atom stereocenters. The Morgan fingerprint density at radius 3 is 2.66 bits per heavy atom. The highest BCUT2D eigenvalue weighted by atomic mass is 19.1. The molecule has 0 saturated heterocycles. The van der Waals surface area contributed by atoms with Crippen LogP contribution in [0, 0.1) is 23.6 Å². The van der Waals surface area contributed by atoms with E-state index in [2.05, 4.69) is 24.1 Å². The van der Waals surface area contributed by atoms with Crippen molar-refractivity contribution < 1.29 is 18.7 Å². The SMILES string of the molecule is CC(C)C[C@H]1CC1C(=O)c1ccc(N(C)c2ccc(OC3=CCCc4cnccc4C(=O)N3)cc2)cc1F. The number of aromatic nitrogens is 1. The van der Waals surface area contributed by atoms with Crippen molar-refractivity contribution in [1.82, 2.24) is 10.3 Å². The van der Waals surface area contributed by atoms with E-state index in [1.54, 1.807) is 42.7 Å². The zero-order valence-corrected chi connectivity index (χ0v) is 21.9. The van der Waals surface area contributed by atoms with Gasteiger partial charge in [0.15, 0.2) is 11.7 Å². The Bertz CT molecular complexity index is 1380. The van der Waals surface area contributed by atoms with Crippen LogP contribution in [0.1, 0.15) is 59.4 Å². The Labute approximate surface area is 222 Å². The quantitative estimate of drug-likeness (QED) is 0.351. The number of Topliss-reactive ketones (excluding diaryl/α,β-unsaturated/α-hetero) is 1. The molecule has 1 unspecified atom stereocenters. The van der Waals surface area contributed by atoms with Crippen molar-refractivity contribution >= 4 is 23.1 Å². The summed E-state index contributed by atoms with van der Waals surface area (Å²) >= 11 is 0. The molecule has 2 heterocycles. The molecule has 196 valence electrons. The Kier molecular flexibility index (Phi) is 7.27. The fourth-order valence-corrected chi connectivity index (χ4v) is 5.06. The summed E-state index contributed by atoms with van der Waals surface area (Å²) in [6.07, 6.45) is 8.45. The molecular formula is C31H32FN3O3. The molecule has 0 radical (unpaired) electrons. The van der Waals surface area contributed by atoms with Crippen molar-refractivity contribution in [3.8, 4) is 5.75 Å². The van der Waals surface area contributed by atoms with Crippen molar-refractivity contribution in [2.75, 3.05) is 11.9 Å². The fourth-order valence-electron chi connectivity index (χ4n) is 5.06. The molecule has 2 aliphatic rings. The summed E-state index contributed by atoms with van der Waals surface area (Å²) in [7, 11) is 1.84. The molecule has 1 saturated carbocycles. The van der Waals surface area contributed by atoms with Gasteiger partial charge in [0.25, 0.3) is 5.91 Å². The molecule has 1 amide bonds. The van der Waals surface area contributed by atoms with Crippen LogP contribution in [-0.4, -0.2) is 23.7 Å². The molecule has 1 aliphatic carbocycles. The van der Waals surface area contributed by atoms with Gasteiger partial charge >= 0.3 is 0 Å². The minimum absolute atomic E-state index is 0.0486. The number of nitrogens with zero attached hydrogens (tertiary/aromatic N) is 2. The van der Waals surface area contributed by atoms with Gasteiger partial charge in [0.05, 0.1) is 5.56 Å². The van der Waals surface area contributed by atoms with Crippen LogP contribution in [0.15, 0.2) is 72.9 Å². The van der Waals surface area contributed by atoms with Crippen molar-refractivity contribution in [3.05, 3.63) is 95.4 Å². The summed E-state index contributed by atoms with van der Waals surface area (Å²) in [5.41, 5.74) is 3.15. The number of fused-ring (bicyclic) bond motifs is 1. The molecule has 6 nitrogen and oxygen atoms in total. The van der Waals surface area contributed by atoms with Gasteiger partial charge in [0.1, 0.15) is 11.6 Å². The van der Waals surface area contributed by atoms with Crippen molar-refractivity contribution in [2.24, 2.45) is 17.8 Å². The summed E-state index contributed by atoms with van der Waals surface area (Å²) in [6.45, 7) is 4.29. The third-order valence-electron chi connectivity index (χ3n) is 7.22. The predicted molar refractivity (Wildman–Crippen MR) is 145 cm³/mol. The summed E-state index contributed by atoms with van der Waals surface area (Å²) < 4.78 is 20.9. The number of hydrogen-bond donors (Lipinski definition) is 1. The second-order valence-corrected chi connectivity index (χ2v) is 10.5. The zero-order chi connectivity index (χ0) is 26.8. The minimum atomic E-state index is -0.487. The van der Waals surface area contributed by atoms with E-state index in [0.717, 1.165) is 24.1 Å². The maximum absolute atomic E-state index is 15.0. The number of benzene rings is 2. The van der Waals surface area contributed by atoms with Crippen LogP contribution >= 0.6 is 0 Å². The molecule has 5 rings (SSSR count). The van der Waals surface area contributed by atoms with Gasteiger partial charge in [-0.1, -0.05) is 13.8 Å². The van der Waals surface area contributed by atoms with E-state index >= 15 is 0 Å². The first kappa shape index (κ1) is 25.6. The number of ether oxygens (including phenoxy) is 1. The highest BCUT2D eigenvalue weighted by Crippen LogP contribution is 2.45. The van der Waals surface area contributed by atoms with Gasteiger partial charge in [-0.3, -0.25) is 19.9 Å². The first-order valence-corrected chi connectivity index (χ1v) is 13.1. The van der Waals surface area contributed by atoms with E-state index in [9.17, 15) is 14.0 Å². The maximum Gasteiger partial charge on any atom is 0.258 e. The van der Waals surface area contributed by atoms with Gasteiger partial charge in [-0.15, -0.1) is 0 Å². The van der Waals surface area contributed by atoms with Crippen LogP contribution in [0.4, 0.5) is 15.8 Å². The zero-order valence-electron chi connectivity index (χ0n) is 21.9. The molecule has 38 heavy (non-hydrogen) atoms. The molecule has 3 aromatic rings. The number of carbonyl (C=O) groups is 2. The third-order valence-corrected chi connectivity index (χ3v) is 7.22. The van der Waals surface area contributed by atoms with Crippen molar-refractivity contribution in [3.63, 3.8) is 0 Å². The standard InChI is InChI=1S/C31H32FN3O3/c1-19(2)15-21-16-27(21)30(36)26-12-9-23(17-28(26)32)35(3)22-7-10-24(11-8-22)38-29-6-4-5-20-18-33-14-13-25(20)31(37)34-29/h6-14,17-19,21,27H,4-5,15-16H2,1-3H3,(H,34,37)/t21-,27?/m0/s1. The smallest absolute Gasteiger partial charge is 0.258 e.